The van der Waals surface area contributed by atoms with Crippen molar-refractivity contribution in [2.75, 3.05) is 4.90 Å². The Labute approximate surface area is 169 Å². The Morgan fingerprint density at radius 1 is 0.885 bits per heavy atom. The van der Waals surface area contributed by atoms with Crippen LogP contribution < -0.4 is 9.40 Å². The normalized spacial score (nSPS) is 15.5. The molecule has 0 amide bonds. The van der Waals surface area contributed by atoms with Gasteiger partial charge in [0.25, 0.3) is 0 Å². The Balaban J connectivity index is 2.01. The summed E-state index contributed by atoms with van der Waals surface area (Å²) in [6.45, 7) is 11.9. The molecule has 1 nitrogen and oxygen atoms in total. The van der Waals surface area contributed by atoms with Crippen LogP contribution in [-0.2, 0) is 5.41 Å². The van der Waals surface area contributed by atoms with E-state index in [0.29, 0.717) is 0 Å². The second-order valence-corrected chi connectivity index (χ2v) is 15.8. The molecule has 134 valence electrons. The SMILES string of the molecule is CC1(C)c2ccccc2N(c2sc([Si](C)(C)C)cc2Br)c2ccccc21. The molecule has 0 radical (unpaired) electrons. The molecule has 4 heteroatoms. The van der Waals surface area contributed by atoms with Crippen molar-refractivity contribution < 1.29 is 0 Å². The number of hydrogen-bond donors (Lipinski definition) is 0. The van der Waals surface area contributed by atoms with Crippen LogP contribution in [0.4, 0.5) is 16.4 Å². The van der Waals surface area contributed by atoms with Crippen molar-refractivity contribution >= 4 is 56.2 Å². The minimum absolute atomic E-state index is 0.00493. The molecule has 4 rings (SSSR count). The topological polar surface area (TPSA) is 3.24 Å². The molecule has 3 aromatic rings. The minimum atomic E-state index is -1.36. The zero-order valence-corrected chi connectivity index (χ0v) is 19.3. The number of anilines is 3. The highest BCUT2D eigenvalue weighted by Crippen LogP contribution is 2.53. The van der Waals surface area contributed by atoms with Crippen LogP contribution in [0.15, 0.2) is 59.1 Å². The third-order valence-electron chi connectivity index (χ3n) is 5.25. The van der Waals surface area contributed by atoms with E-state index >= 15 is 0 Å². The fourth-order valence-electron chi connectivity index (χ4n) is 3.77. The van der Waals surface area contributed by atoms with Gasteiger partial charge in [-0.3, -0.25) is 0 Å². The lowest BCUT2D eigenvalue weighted by atomic mass is 9.74. The van der Waals surface area contributed by atoms with Crippen molar-refractivity contribution in [3.8, 4) is 0 Å². The van der Waals surface area contributed by atoms with E-state index in [1.165, 1.54) is 36.5 Å². The lowest BCUT2D eigenvalue weighted by molar-refractivity contribution is 0.632. The first kappa shape index (κ1) is 18.0. The second kappa shape index (κ2) is 6.08. The number of halogens is 1. The molecule has 1 aliphatic heterocycles. The Morgan fingerprint density at radius 3 is 1.85 bits per heavy atom. The Kier molecular flexibility index (Phi) is 4.21. The molecule has 0 aliphatic carbocycles. The molecular weight excluding hydrogens is 418 g/mol. The second-order valence-electron chi connectivity index (χ2n) is 8.51. The molecule has 0 saturated heterocycles. The number of nitrogens with zero attached hydrogens (tertiary/aromatic N) is 1. The largest absolute Gasteiger partial charge is 0.300 e. The van der Waals surface area contributed by atoms with Crippen LogP contribution in [0.5, 0.6) is 0 Å². The van der Waals surface area contributed by atoms with Gasteiger partial charge in [0, 0.05) is 5.41 Å². The van der Waals surface area contributed by atoms with E-state index in [-0.39, 0.29) is 5.41 Å². The molecule has 0 fully saturated rings. The summed E-state index contributed by atoms with van der Waals surface area (Å²) in [5, 5.41) is 1.29. The molecule has 26 heavy (non-hydrogen) atoms. The number of para-hydroxylation sites is 2. The van der Waals surface area contributed by atoms with Gasteiger partial charge in [0.15, 0.2) is 0 Å². The van der Waals surface area contributed by atoms with Crippen molar-refractivity contribution in [1.29, 1.82) is 0 Å². The number of fused-ring (bicyclic) bond motifs is 2. The van der Waals surface area contributed by atoms with Gasteiger partial charge in [0.05, 0.1) is 23.9 Å². The minimum Gasteiger partial charge on any atom is -0.300 e. The van der Waals surface area contributed by atoms with E-state index in [4.69, 9.17) is 0 Å². The van der Waals surface area contributed by atoms with Crippen LogP contribution in [0.25, 0.3) is 0 Å². The standard InChI is InChI=1S/C22H24BrNSSi/c1-22(2)15-10-6-8-12-18(15)24(19-13-9-7-11-16(19)22)21-17(23)14-20(25-21)26(3,4)5/h6-14H,1-5H3. The van der Waals surface area contributed by atoms with Crippen LogP contribution in [0.1, 0.15) is 25.0 Å². The molecule has 1 aromatic heterocycles. The van der Waals surface area contributed by atoms with Crippen LogP contribution >= 0.6 is 27.3 Å². The first-order valence-electron chi connectivity index (χ1n) is 9.00. The third-order valence-corrected chi connectivity index (χ3v) is 10.8. The molecule has 1 aliphatic rings. The summed E-state index contributed by atoms with van der Waals surface area (Å²) in [6.07, 6.45) is 0. The third kappa shape index (κ3) is 2.70. The zero-order chi connectivity index (χ0) is 18.7. The maximum absolute atomic E-state index is 3.87. The number of hydrogen-bond acceptors (Lipinski definition) is 2. The highest BCUT2D eigenvalue weighted by molar-refractivity contribution is 9.10. The van der Waals surface area contributed by atoms with Gasteiger partial charge in [-0.05, 0) is 49.8 Å². The Hall–Kier alpha value is -1.36. The van der Waals surface area contributed by atoms with E-state index in [1.807, 2.05) is 11.3 Å². The van der Waals surface area contributed by atoms with E-state index in [2.05, 4.69) is 109 Å². The van der Waals surface area contributed by atoms with Crippen LogP contribution in [0, 0.1) is 0 Å². The lowest BCUT2D eigenvalue weighted by Gasteiger charge is -2.41. The molecule has 0 spiro atoms. The summed E-state index contributed by atoms with van der Waals surface area (Å²) < 4.78 is 2.73. The van der Waals surface area contributed by atoms with Gasteiger partial charge in [0.1, 0.15) is 5.00 Å². The summed E-state index contributed by atoms with van der Waals surface area (Å²) in [4.78, 5) is 2.45. The zero-order valence-electron chi connectivity index (χ0n) is 15.9. The highest BCUT2D eigenvalue weighted by Gasteiger charge is 2.37. The van der Waals surface area contributed by atoms with Gasteiger partial charge in [0.2, 0.25) is 0 Å². The molecule has 2 heterocycles. The van der Waals surface area contributed by atoms with Gasteiger partial charge in [-0.2, -0.15) is 0 Å². The molecule has 0 bridgehead atoms. The van der Waals surface area contributed by atoms with Crippen molar-refractivity contribution in [1.82, 2.24) is 0 Å². The van der Waals surface area contributed by atoms with Crippen molar-refractivity contribution in [3.63, 3.8) is 0 Å². The molecule has 2 aromatic carbocycles. The monoisotopic (exact) mass is 441 g/mol. The van der Waals surface area contributed by atoms with E-state index < -0.39 is 8.07 Å². The van der Waals surface area contributed by atoms with Gasteiger partial charge in [-0.1, -0.05) is 69.9 Å². The quantitative estimate of drug-likeness (QED) is 0.381. The molecule has 0 saturated carbocycles. The van der Waals surface area contributed by atoms with Gasteiger partial charge in [-0.25, -0.2) is 0 Å². The first-order chi connectivity index (χ1) is 12.2. The lowest BCUT2D eigenvalue weighted by Crippen LogP contribution is -2.35. The number of rotatable bonds is 2. The van der Waals surface area contributed by atoms with Crippen molar-refractivity contribution in [2.45, 2.75) is 38.9 Å². The summed E-state index contributed by atoms with van der Waals surface area (Å²) in [5.41, 5.74) is 5.35. The van der Waals surface area contributed by atoms with Crippen LogP contribution in [0.2, 0.25) is 19.6 Å². The summed E-state index contributed by atoms with van der Waals surface area (Å²) >= 11 is 5.81. The fraction of sp³-hybridized carbons (Fsp3) is 0.273. The first-order valence-corrected chi connectivity index (χ1v) is 14.1. The predicted molar refractivity (Wildman–Crippen MR) is 122 cm³/mol. The van der Waals surface area contributed by atoms with Gasteiger partial charge >= 0.3 is 0 Å². The molecular formula is C22H24BrNSSi. The Bertz CT molecular complexity index is 934. The summed E-state index contributed by atoms with van der Waals surface area (Å²) in [6, 6.07) is 20.0. The number of benzene rings is 2. The maximum atomic E-state index is 3.87. The van der Waals surface area contributed by atoms with Gasteiger partial charge < -0.3 is 4.90 Å². The Morgan fingerprint density at radius 2 is 1.38 bits per heavy atom. The van der Waals surface area contributed by atoms with E-state index in [0.717, 1.165) is 0 Å². The van der Waals surface area contributed by atoms with E-state index in [9.17, 15) is 0 Å². The maximum Gasteiger partial charge on any atom is 0.114 e. The van der Waals surface area contributed by atoms with Crippen molar-refractivity contribution in [2.24, 2.45) is 0 Å². The smallest absolute Gasteiger partial charge is 0.114 e. The van der Waals surface area contributed by atoms with Gasteiger partial charge in [-0.15, -0.1) is 11.3 Å². The van der Waals surface area contributed by atoms with E-state index in [1.54, 1.807) is 0 Å². The number of thiophene rings is 1. The summed E-state index contributed by atoms with van der Waals surface area (Å²) in [7, 11) is -1.36. The molecule has 0 N–H and O–H groups in total. The van der Waals surface area contributed by atoms with Crippen LogP contribution in [0.3, 0.4) is 0 Å². The molecule has 0 atom stereocenters. The highest BCUT2D eigenvalue weighted by atomic mass is 79.9. The van der Waals surface area contributed by atoms with Crippen molar-refractivity contribution in [3.05, 3.63) is 70.2 Å². The average Bonchev–Trinajstić information content (AvgIpc) is 2.97. The average molecular weight is 442 g/mol. The van der Waals surface area contributed by atoms with Crippen LogP contribution in [-0.4, -0.2) is 8.07 Å². The predicted octanol–water partition coefficient (Wildman–Crippen LogP) is 7.16. The fourth-order valence-corrected chi connectivity index (χ4v) is 7.70. The summed E-state index contributed by atoms with van der Waals surface area (Å²) in [5.74, 6) is 0. The molecule has 0 unspecified atom stereocenters.